The molecule has 0 aromatic carbocycles. The van der Waals surface area contributed by atoms with Crippen molar-refractivity contribution >= 4 is 5.91 Å². The van der Waals surface area contributed by atoms with Crippen LogP contribution in [0, 0.1) is 0 Å². The van der Waals surface area contributed by atoms with E-state index in [4.69, 9.17) is 0 Å². The van der Waals surface area contributed by atoms with Crippen LogP contribution in [-0.4, -0.2) is 55.1 Å². The Kier molecular flexibility index (Phi) is 5.05. The van der Waals surface area contributed by atoms with Gasteiger partial charge in [0.25, 0.3) is 0 Å². The number of amides is 1. The van der Waals surface area contributed by atoms with Crippen molar-refractivity contribution in [2.45, 2.75) is 32.7 Å². The molecule has 1 atom stereocenters. The van der Waals surface area contributed by atoms with Crippen molar-refractivity contribution in [2.24, 2.45) is 0 Å². The van der Waals surface area contributed by atoms with E-state index in [1.807, 2.05) is 4.90 Å². The Morgan fingerprint density at radius 2 is 2.27 bits per heavy atom. The Balaban J connectivity index is 2.29. The molecule has 0 bridgehead atoms. The number of hydrogen-bond donors (Lipinski definition) is 1. The molecule has 0 saturated carbocycles. The molecule has 1 saturated heterocycles. The maximum Gasteiger partial charge on any atom is 0.240 e. The van der Waals surface area contributed by atoms with E-state index < -0.39 is 0 Å². The lowest BCUT2D eigenvalue weighted by atomic mass is 10.2. The predicted octanol–water partition coefficient (Wildman–Crippen LogP) is 0.496. The van der Waals surface area contributed by atoms with Crippen molar-refractivity contribution in [3.05, 3.63) is 0 Å². The zero-order valence-electron chi connectivity index (χ0n) is 10.1. The number of nitrogens with zero attached hydrogens (tertiary/aromatic N) is 2. The average molecular weight is 213 g/mol. The quantitative estimate of drug-likeness (QED) is 0.698. The molecule has 1 amide bonds. The highest BCUT2D eigenvalue weighted by Gasteiger charge is 2.29. The van der Waals surface area contributed by atoms with Crippen LogP contribution in [-0.2, 0) is 4.79 Å². The van der Waals surface area contributed by atoms with Gasteiger partial charge in [0.1, 0.15) is 0 Å². The molecule has 0 aromatic rings. The second-order valence-electron chi connectivity index (χ2n) is 4.20. The number of carbonyl (C=O) groups excluding carboxylic acids is 1. The van der Waals surface area contributed by atoms with Crippen molar-refractivity contribution in [3.63, 3.8) is 0 Å². The molecule has 0 aliphatic carbocycles. The van der Waals surface area contributed by atoms with Crippen LogP contribution in [0.1, 0.15) is 26.7 Å². The number of likely N-dealkylation sites (N-methyl/N-ethyl adjacent to an activating group) is 1. The van der Waals surface area contributed by atoms with Crippen molar-refractivity contribution in [1.82, 2.24) is 15.1 Å². The van der Waals surface area contributed by atoms with Crippen LogP contribution in [0.25, 0.3) is 0 Å². The second-order valence-corrected chi connectivity index (χ2v) is 4.20. The highest BCUT2D eigenvalue weighted by molar-refractivity contribution is 5.83. The number of hydrogen-bond acceptors (Lipinski definition) is 3. The minimum Gasteiger partial charge on any atom is -0.327 e. The Morgan fingerprint density at radius 3 is 2.87 bits per heavy atom. The smallest absolute Gasteiger partial charge is 0.240 e. The third kappa shape index (κ3) is 3.47. The molecular weight excluding hydrogens is 190 g/mol. The van der Waals surface area contributed by atoms with Gasteiger partial charge in [0, 0.05) is 13.1 Å². The zero-order valence-corrected chi connectivity index (χ0v) is 10.1. The van der Waals surface area contributed by atoms with Gasteiger partial charge in [-0.15, -0.1) is 0 Å². The highest BCUT2D eigenvalue weighted by Crippen LogP contribution is 2.08. The molecule has 0 spiro atoms. The monoisotopic (exact) mass is 213 g/mol. The Morgan fingerprint density at radius 1 is 1.53 bits per heavy atom. The van der Waals surface area contributed by atoms with Crippen molar-refractivity contribution in [3.8, 4) is 0 Å². The summed E-state index contributed by atoms with van der Waals surface area (Å²) in [6.07, 6.45) is 2.02. The molecule has 4 nitrogen and oxygen atoms in total. The van der Waals surface area contributed by atoms with E-state index in [-0.39, 0.29) is 11.9 Å². The van der Waals surface area contributed by atoms with Gasteiger partial charge in [0.2, 0.25) is 5.91 Å². The van der Waals surface area contributed by atoms with E-state index in [0.717, 1.165) is 39.1 Å². The van der Waals surface area contributed by atoms with Crippen molar-refractivity contribution < 1.29 is 4.79 Å². The van der Waals surface area contributed by atoms with Gasteiger partial charge in [0.05, 0.1) is 12.7 Å². The molecule has 1 unspecified atom stereocenters. The minimum atomic E-state index is 0.0712. The van der Waals surface area contributed by atoms with Gasteiger partial charge < -0.3 is 9.80 Å². The van der Waals surface area contributed by atoms with Crippen LogP contribution in [0.4, 0.5) is 0 Å². The molecule has 15 heavy (non-hydrogen) atoms. The fourth-order valence-corrected chi connectivity index (χ4v) is 1.76. The lowest BCUT2D eigenvalue weighted by molar-refractivity contribution is -0.129. The molecule has 1 fully saturated rings. The lowest BCUT2D eigenvalue weighted by Gasteiger charge is -2.20. The van der Waals surface area contributed by atoms with E-state index in [1.54, 1.807) is 0 Å². The summed E-state index contributed by atoms with van der Waals surface area (Å²) in [5.41, 5.74) is 0. The summed E-state index contributed by atoms with van der Waals surface area (Å²) in [5.74, 6) is 0.279. The van der Waals surface area contributed by atoms with Crippen LogP contribution in [0.2, 0.25) is 0 Å². The fraction of sp³-hybridized carbons (Fsp3) is 0.909. The fourth-order valence-electron chi connectivity index (χ4n) is 1.76. The van der Waals surface area contributed by atoms with E-state index in [0.29, 0.717) is 0 Å². The standard InChI is InChI=1S/C11H23N3O/c1-4-6-10-11(15)14(9-12-10)8-7-13(3)5-2/h10,12H,4-9H2,1-3H3. The van der Waals surface area contributed by atoms with Gasteiger partial charge in [-0.3, -0.25) is 10.1 Å². The van der Waals surface area contributed by atoms with E-state index in [2.05, 4.69) is 31.1 Å². The molecule has 1 N–H and O–H groups in total. The molecular formula is C11H23N3O. The predicted molar refractivity (Wildman–Crippen MR) is 61.6 cm³/mol. The average Bonchev–Trinajstić information content (AvgIpc) is 2.58. The Bertz CT molecular complexity index is 208. The second kappa shape index (κ2) is 6.08. The number of rotatable bonds is 6. The molecule has 4 heteroatoms. The van der Waals surface area contributed by atoms with Crippen LogP contribution in [0.5, 0.6) is 0 Å². The zero-order chi connectivity index (χ0) is 11.3. The molecule has 1 rings (SSSR count). The van der Waals surface area contributed by atoms with Gasteiger partial charge in [-0.1, -0.05) is 20.3 Å². The first-order chi connectivity index (χ1) is 7.19. The van der Waals surface area contributed by atoms with Crippen LogP contribution in [0.3, 0.4) is 0 Å². The third-order valence-electron chi connectivity index (χ3n) is 3.01. The molecule has 0 aromatic heterocycles. The summed E-state index contributed by atoms with van der Waals surface area (Å²) in [4.78, 5) is 16.0. The minimum absolute atomic E-state index is 0.0712. The van der Waals surface area contributed by atoms with Crippen LogP contribution in [0.15, 0.2) is 0 Å². The summed E-state index contributed by atoms with van der Waals surface area (Å²) in [6.45, 7) is 7.81. The third-order valence-corrected chi connectivity index (χ3v) is 3.01. The molecule has 1 aliphatic heterocycles. The largest absolute Gasteiger partial charge is 0.327 e. The maximum atomic E-state index is 11.8. The summed E-state index contributed by atoms with van der Waals surface area (Å²) in [7, 11) is 2.08. The number of carbonyl (C=O) groups is 1. The SMILES string of the molecule is CCCC1NCN(CCN(C)CC)C1=O. The normalized spacial score (nSPS) is 21.7. The van der Waals surface area contributed by atoms with E-state index >= 15 is 0 Å². The highest BCUT2D eigenvalue weighted by atomic mass is 16.2. The van der Waals surface area contributed by atoms with E-state index in [9.17, 15) is 4.79 Å². The molecule has 88 valence electrons. The molecule has 1 aliphatic rings. The topological polar surface area (TPSA) is 35.6 Å². The molecule has 0 radical (unpaired) electrons. The Hall–Kier alpha value is -0.610. The van der Waals surface area contributed by atoms with Gasteiger partial charge in [-0.2, -0.15) is 0 Å². The first kappa shape index (κ1) is 12.5. The van der Waals surface area contributed by atoms with Crippen molar-refractivity contribution in [1.29, 1.82) is 0 Å². The van der Waals surface area contributed by atoms with Gasteiger partial charge >= 0.3 is 0 Å². The summed E-state index contributed by atoms with van der Waals surface area (Å²) in [5, 5.41) is 3.26. The van der Waals surface area contributed by atoms with Crippen LogP contribution >= 0.6 is 0 Å². The molecule has 1 heterocycles. The van der Waals surface area contributed by atoms with E-state index in [1.165, 1.54) is 0 Å². The van der Waals surface area contributed by atoms with Crippen molar-refractivity contribution in [2.75, 3.05) is 33.4 Å². The maximum absolute atomic E-state index is 11.8. The van der Waals surface area contributed by atoms with Gasteiger partial charge in [-0.05, 0) is 20.0 Å². The van der Waals surface area contributed by atoms with Crippen LogP contribution < -0.4 is 5.32 Å². The summed E-state index contributed by atoms with van der Waals surface area (Å²) < 4.78 is 0. The first-order valence-electron chi connectivity index (χ1n) is 5.89. The lowest BCUT2D eigenvalue weighted by Crippen LogP contribution is -2.36. The first-order valence-corrected chi connectivity index (χ1v) is 5.89. The summed E-state index contributed by atoms with van der Waals surface area (Å²) in [6, 6.07) is 0.0712. The van der Waals surface area contributed by atoms with Gasteiger partial charge in [-0.25, -0.2) is 0 Å². The van der Waals surface area contributed by atoms with Gasteiger partial charge in [0.15, 0.2) is 0 Å². The number of nitrogens with one attached hydrogen (secondary N) is 1. The summed E-state index contributed by atoms with van der Waals surface area (Å²) >= 11 is 0. The Labute approximate surface area is 92.6 Å².